The number of likely N-dealkylation sites (N-methyl/N-ethyl adjacent to an activating group) is 1. The SMILES string of the molecule is CCNC(=O)[C@@H](CC)Nc1ccnc(-c2c[nH]c3ncc(F)cc23)n1.[HH].[HH].[HH]. The number of nitrogens with one attached hydrogen (secondary N) is 3. The lowest BCUT2D eigenvalue weighted by atomic mass is 10.2. The van der Waals surface area contributed by atoms with Crippen molar-refractivity contribution in [1.82, 2.24) is 25.3 Å². The fourth-order valence-corrected chi connectivity index (χ4v) is 2.56. The Hall–Kier alpha value is -3.03. The molecule has 0 aliphatic rings. The number of H-pyrrole nitrogens is 1. The van der Waals surface area contributed by atoms with Crippen molar-refractivity contribution in [2.24, 2.45) is 0 Å². The Morgan fingerprint density at radius 2 is 2.24 bits per heavy atom. The van der Waals surface area contributed by atoms with Gasteiger partial charge in [0, 0.05) is 34.2 Å². The predicted molar refractivity (Wildman–Crippen MR) is 99.8 cm³/mol. The van der Waals surface area contributed by atoms with E-state index in [1.807, 2.05) is 13.8 Å². The highest BCUT2D eigenvalue weighted by Crippen LogP contribution is 2.26. The lowest BCUT2D eigenvalue weighted by Crippen LogP contribution is -2.39. The van der Waals surface area contributed by atoms with Crippen LogP contribution < -0.4 is 10.6 Å². The minimum atomic E-state index is -0.426. The first-order valence-electron chi connectivity index (χ1n) is 8.12. The van der Waals surface area contributed by atoms with E-state index in [9.17, 15) is 9.18 Å². The summed E-state index contributed by atoms with van der Waals surface area (Å²) in [5, 5.41) is 6.51. The van der Waals surface area contributed by atoms with E-state index in [2.05, 4.69) is 30.6 Å². The molecular formula is C17H25FN6O. The second-order valence-electron chi connectivity index (χ2n) is 5.52. The normalized spacial score (nSPS) is 12.1. The van der Waals surface area contributed by atoms with Crippen molar-refractivity contribution in [1.29, 1.82) is 0 Å². The minimum Gasteiger partial charge on any atom is -0.358 e. The highest BCUT2D eigenvalue weighted by atomic mass is 19.1. The fraction of sp³-hybridized carbons (Fsp3) is 0.294. The quantitative estimate of drug-likeness (QED) is 0.636. The summed E-state index contributed by atoms with van der Waals surface area (Å²) in [5.41, 5.74) is 1.21. The van der Waals surface area contributed by atoms with Crippen LogP contribution in [-0.2, 0) is 4.79 Å². The van der Waals surface area contributed by atoms with Crippen molar-refractivity contribution < 1.29 is 13.5 Å². The van der Waals surface area contributed by atoms with E-state index in [1.165, 1.54) is 6.07 Å². The predicted octanol–water partition coefficient (Wildman–Crippen LogP) is 3.22. The maximum Gasteiger partial charge on any atom is 0.242 e. The summed E-state index contributed by atoms with van der Waals surface area (Å²) in [6.45, 7) is 4.36. The molecule has 0 saturated carbocycles. The summed E-state index contributed by atoms with van der Waals surface area (Å²) in [4.78, 5) is 27.7. The number of anilines is 1. The van der Waals surface area contributed by atoms with E-state index >= 15 is 0 Å². The standard InChI is InChI=1S/C17H19FN6O.3H2/c1-3-13(17(25)19-4-2)23-14-5-6-20-16(24-14)12-9-22-15-11(12)7-10(18)8-21-15;;;/h5-9,13H,3-4H2,1-2H3,(H,19,25)(H,21,22)(H,20,23,24);3*1H/t13-;;;/m1.../s1. The minimum absolute atomic E-state index is 0. The number of halogens is 1. The van der Waals surface area contributed by atoms with Crippen molar-refractivity contribution in [2.75, 3.05) is 11.9 Å². The van der Waals surface area contributed by atoms with Crippen LogP contribution in [0, 0.1) is 5.82 Å². The molecule has 0 fully saturated rings. The molecule has 3 rings (SSSR count). The Bertz CT molecular complexity index is 907. The lowest BCUT2D eigenvalue weighted by molar-refractivity contribution is -0.121. The number of hydrogen-bond donors (Lipinski definition) is 3. The average Bonchev–Trinajstić information content (AvgIpc) is 3.03. The van der Waals surface area contributed by atoms with Gasteiger partial charge in [-0.15, -0.1) is 0 Å². The molecule has 1 amide bonds. The van der Waals surface area contributed by atoms with Gasteiger partial charge in [-0.1, -0.05) is 6.92 Å². The van der Waals surface area contributed by atoms with Crippen molar-refractivity contribution in [3.05, 3.63) is 36.5 Å². The summed E-state index contributed by atoms with van der Waals surface area (Å²) < 4.78 is 13.5. The third-order valence-electron chi connectivity index (χ3n) is 3.79. The van der Waals surface area contributed by atoms with E-state index < -0.39 is 5.82 Å². The summed E-state index contributed by atoms with van der Waals surface area (Å²) in [7, 11) is 0. The van der Waals surface area contributed by atoms with Crippen LogP contribution in [0.5, 0.6) is 0 Å². The molecule has 25 heavy (non-hydrogen) atoms. The molecule has 0 unspecified atom stereocenters. The number of aromatic nitrogens is 4. The number of carbonyl (C=O) groups excluding carboxylic acids is 1. The Kier molecular flexibility index (Phi) is 4.87. The van der Waals surface area contributed by atoms with E-state index in [1.54, 1.807) is 18.5 Å². The van der Waals surface area contributed by atoms with Crippen molar-refractivity contribution in [2.45, 2.75) is 26.3 Å². The molecule has 0 aliphatic heterocycles. The summed E-state index contributed by atoms with van der Waals surface area (Å²) in [5.74, 6) is 0.449. The highest BCUT2D eigenvalue weighted by Gasteiger charge is 2.17. The average molecular weight is 348 g/mol. The molecule has 0 radical (unpaired) electrons. The van der Waals surface area contributed by atoms with Gasteiger partial charge in [0.05, 0.1) is 6.20 Å². The van der Waals surface area contributed by atoms with Gasteiger partial charge in [0.1, 0.15) is 23.3 Å². The number of aromatic amines is 1. The number of pyridine rings is 1. The van der Waals surface area contributed by atoms with Crippen LogP contribution in [0.15, 0.2) is 30.7 Å². The van der Waals surface area contributed by atoms with Crippen LogP contribution in [0.4, 0.5) is 10.2 Å². The van der Waals surface area contributed by atoms with Gasteiger partial charge in [-0.2, -0.15) is 0 Å². The summed E-state index contributed by atoms with van der Waals surface area (Å²) in [6.07, 6.45) is 5.06. The fourth-order valence-electron chi connectivity index (χ4n) is 2.56. The number of carbonyl (C=O) groups is 1. The zero-order valence-electron chi connectivity index (χ0n) is 14.0. The molecule has 1 atom stereocenters. The molecule has 3 N–H and O–H groups in total. The largest absolute Gasteiger partial charge is 0.358 e. The lowest BCUT2D eigenvalue weighted by Gasteiger charge is -2.16. The van der Waals surface area contributed by atoms with Gasteiger partial charge >= 0.3 is 0 Å². The van der Waals surface area contributed by atoms with Crippen LogP contribution in [0.2, 0.25) is 0 Å². The van der Waals surface area contributed by atoms with E-state index in [0.717, 1.165) is 6.20 Å². The van der Waals surface area contributed by atoms with Crippen LogP contribution >= 0.6 is 0 Å². The number of nitrogens with zero attached hydrogens (tertiary/aromatic N) is 3. The molecular weight excluding hydrogens is 323 g/mol. The van der Waals surface area contributed by atoms with E-state index in [-0.39, 0.29) is 16.2 Å². The first-order chi connectivity index (χ1) is 12.1. The molecule has 3 aromatic heterocycles. The molecule has 8 heteroatoms. The Morgan fingerprint density at radius 3 is 3.00 bits per heavy atom. The molecule has 0 spiro atoms. The zero-order chi connectivity index (χ0) is 17.8. The third kappa shape index (κ3) is 3.57. The van der Waals surface area contributed by atoms with Gasteiger partial charge in [-0.05, 0) is 25.5 Å². The van der Waals surface area contributed by atoms with Gasteiger partial charge in [0.25, 0.3) is 0 Å². The second-order valence-corrected chi connectivity index (χ2v) is 5.52. The van der Waals surface area contributed by atoms with E-state index in [4.69, 9.17) is 0 Å². The van der Waals surface area contributed by atoms with Gasteiger partial charge < -0.3 is 15.6 Å². The van der Waals surface area contributed by atoms with Gasteiger partial charge in [-0.3, -0.25) is 4.79 Å². The molecule has 3 aromatic rings. The Balaban J connectivity index is 0.00000243. The van der Waals surface area contributed by atoms with Crippen molar-refractivity contribution in [3.8, 4) is 11.4 Å². The van der Waals surface area contributed by atoms with Gasteiger partial charge in [0.2, 0.25) is 5.91 Å². The van der Waals surface area contributed by atoms with Crippen LogP contribution in [0.3, 0.4) is 0 Å². The van der Waals surface area contributed by atoms with E-state index in [0.29, 0.717) is 41.2 Å². The molecule has 7 nitrogen and oxygen atoms in total. The Labute approximate surface area is 148 Å². The van der Waals surface area contributed by atoms with Crippen LogP contribution in [-0.4, -0.2) is 38.4 Å². The zero-order valence-corrected chi connectivity index (χ0v) is 14.0. The highest BCUT2D eigenvalue weighted by molar-refractivity contribution is 5.91. The second kappa shape index (κ2) is 7.25. The van der Waals surface area contributed by atoms with Gasteiger partial charge in [-0.25, -0.2) is 19.3 Å². The molecule has 136 valence electrons. The number of hydrogen-bond acceptors (Lipinski definition) is 5. The topological polar surface area (TPSA) is 95.6 Å². The van der Waals surface area contributed by atoms with Gasteiger partial charge in [0.15, 0.2) is 5.82 Å². The molecule has 0 aromatic carbocycles. The molecule has 0 saturated heterocycles. The van der Waals surface area contributed by atoms with Crippen molar-refractivity contribution in [3.63, 3.8) is 0 Å². The molecule has 3 heterocycles. The number of rotatable bonds is 6. The number of amides is 1. The third-order valence-corrected chi connectivity index (χ3v) is 3.79. The first kappa shape index (κ1) is 16.8. The number of fused-ring (bicyclic) bond motifs is 1. The van der Waals surface area contributed by atoms with Crippen molar-refractivity contribution >= 4 is 22.8 Å². The molecule has 0 aliphatic carbocycles. The first-order valence-corrected chi connectivity index (χ1v) is 8.12. The van der Waals surface area contributed by atoms with Crippen LogP contribution in [0.25, 0.3) is 22.4 Å². The monoisotopic (exact) mass is 348 g/mol. The summed E-state index contributed by atoms with van der Waals surface area (Å²) in [6, 6.07) is 2.70. The Morgan fingerprint density at radius 1 is 1.40 bits per heavy atom. The van der Waals surface area contributed by atoms with Crippen LogP contribution in [0.1, 0.15) is 24.5 Å². The molecule has 0 bridgehead atoms. The smallest absolute Gasteiger partial charge is 0.242 e. The maximum absolute atomic E-state index is 13.5. The maximum atomic E-state index is 13.5. The summed E-state index contributed by atoms with van der Waals surface area (Å²) >= 11 is 0.